The van der Waals surface area contributed by atoms with Crippen LogP contribution in [0.2, 0.25) is 0 Å². The van der Waals surface area contributed by atoms with Gasteiger partial charge in [0.2, 0.25) is 0 Å². The number of nitrogens with zero attached hydrogens (tertiary/aromatic N) is 2. The lowest BCUT2D eigenvalue weighted by Gasteiger charge is -2.02. The number of aromatic nitrogens is 2. The zero-order valence-corrected chi connectivity index (χ0v) is 12.5. The molecule has 0 aliphatic heterocycles. The van der Waals surface area contributed by atoms with E-state index < -0.39 is 0 Å². The summed E-state index contributed by atoms with van der Waals surface area (Å²) in [7, 11) is 0. The third-order valence-corrected chi connectivity index (χ3v) is 3.61. The number of hydrogen-bond acceptors (Lipinski definition) is 3. The molecule has 0 radical (unpaired) electrons. The first-order valence-electron chi connectivity index (χ1n) is 7.41. The number of para-hydroxylation sites is 1. The van der Waals surface area contributed by atoms with Crippen LogP contribution in [-0.4, -0.2) is 9.97 Å². The van der Waals surface area contributed by atoms with E-state index in [9.17, 15) is 10.1 Å². The molecule has 0 spiro atoms. The molecule has 23 heavy (non-hydrogen) atoms. The fourth-order valence-corrected chi connectivity index (χ4v) is 2.44. The highest BCUT2D eigenvalue weighted by Crippen LogP contribution is 2.13. The van der Waals surface area contributed by atoms with Crippen molar-refractivity contribution in [3.63, 3.8) is 0 Å². The van der Waals surface area contributed by atoms with Gasteiger partial charge in [0.1, 0.15) is 6.07 Å². The van der Waals surface area contributed by atoms with E-state index in [0.717, 1.165) is 6.42 Å². The lowest BCUT2D eigenvalue weighted by atomic mass is 10.1. The van der Waals surface area contributed by atoms with Gasteiger partial charge in [0.05, 0.1) is 16.5 Å². The maximum absolute atomic E-state index is 12.1. The van der Waals surface area contributed by atoms with Crippen molar-refractivity contribution in [3.05, 3.63) is 82.4 Å². The summed E-state index contributed by atoms with van der Waals surface area (Å²) in [4.78, 5) is 19.2. The lowest BCUT2D eigenvalue weighted by molar-refractivity contribution is 0.999. The number of nitrogens with one attached hydrogen (secondary N) is 1. The molecule has 4 nitrogen and oxygen atoms in total. The van der Waals surface area contributed by atoms with Crippen LogP contribution in [0.5, 0.6) is 0 Å². The van der Waals surface area contributed by atoms with Crippen LogP contribution in [-0.2, 0) is 6.42 Å². The minimum atomic E-state index is -0.227. The Kier molecular flexibility index (Phi) is 4.30. The van der Waals surface area contributed by atoms with Crippen LogP contribution in [0.1, 0.15) is 17.8 Å². The van der Waals surface area contributed by atoms with Gasteiger partial charge in [-0.3, -0.25) is 4.79 Å². The van der Waals surface area contributed by atoms with Crippen LogP contribution in [0.3, 0.4) is 0 Å². The molecule has 1 aromatic heterocycles. The molecule has 2 aromatic carbocycles. The second kappa shape index (κ2) is 6.71. The monoisotopic (exact) mass is 301 g/mol. The molecule has 1 N–H and O–H groups in total. The van der Waals surface area contributed by atoms with Crippen molar-refractivity contribution >= 4 is 16.5 Å². The molecule has 0 saturated heterocycles. The van der Waals surface area contributed by atoms with Gasteiger partial charge in [-0.2, -0.15) is 5.26 Å². The molecule has 0 fully saturated rings. The van der Waals surface area contributed by atoms with Crippen LogP contribution in [0.25, 0.3) is 16.5 Å². The number of rotatable bonds is 4. The Hall–Kier alpha value is -3.19. The minimum absolute atomic E-state index is 0.227. The molecular weight excluding hydrogens is 286 g/mol. The standard InChI is InChI=1S/C19H15N3O/c20-13-15(10-6-9-14-7-2-1-3-8-14)18-21-17-12-5-4-11-16(17)19(23)22-18/h1-5,7-8,10-12H,6,9H2,(H,21,22,23). The van der Waals surface area contributed by atoms with Gasteiger partial charge in [0, 0.05) is 0 Å². The molecule has 0 bridgehead atoms. The van der Waals surface area contributed by atoms with Crippen molar-refractivity contribution in [2.24, 2.45) is 0 Å². The number of benzene rings is 2. The molecule has 0 unspecified atom stereocenters. The van der Waals surface area contributed by atoms with Crippen molar-refractivity contribution in [3.8, 4) is 6.07 Å². The van der Waals surface area contributed by atoms with E-state index in [4.69, 9.17) is 0 Å². The molecule has 0 aliphatic carbocycles. The normalized spacial score (nSPS) is 11.3. The number of nitriles is 1. The summed E-state index contributed by atoms with van der Waals surface area (Å²) in [6.07, 6.45) is 3.37. The van der Waals surface area contributed by atoms with Crippen LogP contribution in [0.4, 0.5) is 0 Å². The van der Waals surface area contributed by atoms with Crippen LogP contribution in [0, 0.1) is 11.3 Å². The summed E-state index contributed by atoms with van der Waals surface area (Å²) in [5.74, 6) is 0.323. The fraction of sp³-hybridized carbons (Fsp3) is 0.105. The molecular formula is C19H15N3O. The van der Waals surface area contributed by atoms with E-state index >= 15 is 0 Å². The van der Waals surface area contributed by atoms with Crippen LogP contribution in [0.15, 0.2) is 65.5 Å². The van der Waals surface area contributed by atoms with Crippen molar-refractivity contribution in [1.82, 2.24) is 9.97 Å². The Labute approximate surface area is 133 Å². The van der Waals surface area contributed by atoms with Crippen molar-refractivity contribution in [2.45, 2.75) is 12.8 Å². The fourth-order valence-electron chi connectivity index (χ4n) is 2.44. The van der Waals surface area contributed by atoms with E-state index in [1.165, 1.54) is 5.56 Å². The molecule has 0 amide bonds. The summed E-state index contributed by atoms with van der Waals surface area (Å²) < 4.78 is 0. The SMILES string of the molecule is N#CC(=CCCc1ccccc1)c1nc2ccccc2c(=O)[nH]1. The predicted octanol–water partition coefficient (Wildman–Crippen LogP) is 3.46. The summed E-state index contributed by atoms with van der Waals surface area (Å²) in [6.45, 7) is 0. The average molecular weight is 301 g/mol. The zero-order chi connectivity index (χ0) is 16.1. The molecule has 0 saturated carbocycles. The van der Waals surface area contributed by atoms with E-state index in [1.54, 1.807) is 18.2 Å². The van der Waals surface area contributed by atoms with Crippen molar-refractivity contribution < 1.29 is 0 Å². The highest BCUT2D eigenvalue weighted by Gasteiger charge is 2.07. The maximum atomic E-state index is 12.1. The number of hydrogen-bond donors (Lipinski definition) is 1. The van der Waals surface area contributed by atoms with Gasteiger partial charge >= 0.3 is 0 Å². The van der Waals surface area contributed by atoms with E-state index in [1.807, 2.05) is 30.3 Å². The van der Waals surface area contributed by atoms with Gasteiger partial charge < -0.3 is 4.98 Å². The molecule has 1 heterocycles. The second-order valence-corrected chi connectivity index (χ2v) is 5.19. The van der Waals surface area contributed by atoms with Crippen molar-refractivity contribution in [2.75, 3.05) is 0 Å². The largest absolute Gasteiger partial charge is 0.305 e. The Morgan fingerprint density at radius 3 is 2.65 bits per heavy atom. The Bertz CT molecular complexity index is 950. The molecule has 0 aliphatic rings. The molecule has 0 atom stereocenters. The third-order valence-electron chi connectivity index (χ3n) is 3.61. The van der Waals surface area contributed by atoms with E-state index in [-0.39, 0.29) is 5.56 Å². The first-order valence-corrected chi connectivity index (χ1v) is 7.41. The van der Waals surface area contributed by atoms with Gasteiger partial charge in [-0.25, -0.2) is 4.98 Å². The maximum Gasteiger partial charge on any atom is 0.259 e. The van der Waals surface area contributed by atoms with Crippen LogP contribution < -0.4 is 5.56 Å². The highest BCUT2D eigenvalue weighted by atomic mass is 16.1. The van der Waals surface area contributed by atoms with E-state index in [0.29, 0.717) is 28.7 Å². The van der Waals surface area contributed by atoms with Gasteiger partial charge in [0.25, 0.3) is 5.56 Å². The molecule has 4 heteroatoms. The van der Waals surface area contributed by atoms with Gasteiger partial charge in [-0.15, -0.1) is 0 Å². The predicted molar refractivity (Wildman–Crippen MR) is 90.7 cm³/mol. The number of aromatic amines is 1. The third kappa shape index (κ3) is 3.35. The van der Waals surface area contributed by atoms with Crippen LogP contribution >= 0.6 is 0 Å². The molecule has 3 aromatic rings. The quantitative estimate of drug-likeness (QED) is 0.750. The lowest BCUT2D eigenvalue weighted by Crippen LogP contribution is -2.11. The molecule has 3 rings (SSSR count). The van der Waals surface area contributed by atoms with Gasteiger partial charge in [-0.1, -0.05) is 48.5 Å². The topological polar surface area (TPSA) is 69.5 Å². The Balaban J connectivity index is 1.87. The number of allylic oxidation sites excluding steroid dienone is 2. The summed E-state index contributed by atoms with van der Waals surface area (Å²) in [5, 5.41) is 9.89. The average Bonchev–Trinajstić information content (AvgIpc) is 2.59. The number of aryl methyl sites for hydroxylation is 1. The van der Waals surface area contributed by atoms with Gasteiger partial charge in [-0.05, 0) is 30.5 Å². The second-order valence-electron chi connectivity index (χ2n) is 5.19. The Morgan fingerprint density at radius 1 is 1.13 bits per heavy atom. The smallest absolute Gasteiger partial charge is 0.259 e. The van der Waals surface area contributed by atoms with E-state index in [2.05, 4.69) is 28.2 Å². The summed E-state index contributed by atoms with van der Waals surface area (Å²) in [6, 6.07) is 19.3. The van der Waals surface area contributed by atoms with Gasteiger partial charge in [0.15, 0.2) is 5.82 Å². The summed E-state index contributed by atoms with van der Waals surface area (Å²) in [5.41, 5.74) is 1.97. The molecule has 112 valence electrons. The highest BCUT2D eigenvalue weighted by molar-refractivity contribution is 5.81. The van der Waals surface area contributed by atoms with Crippen molar-refractivity contribution in [1.29, 1.82) is 5.26 Å². The number of H-pyrrole nitrogens is 1. The number of fused-ring (bicyclic) bond motifs is 1. The first kappa shape index (κ1) is 14.7. The minimum Gasteiger partial charge on any atom is -0.305 e. The first-order chi connectivity index (χ1) is 11.3. The Morgan fingerprint density at radius 2 is 1.87 bits per heavy atom. The zero-order valence-electron chi connectivity index (χ0n) is 12.5. The summed E-state index contributed by atoms with van der Waals surface area (Å²) >= 11 is 0.